The molecule has 0 bridgehead atoms. The van der Waals surface area contributed by atoms with Gasteiger partial charge in [0.15, 0.2) is 0 Å². The Morgan fingerprint density at radius 3 is 2.59 bits per heavy atom. The number of halogens is 1. The standard InChI is InChI=1S/C15H17N.ClH/c1-16-10-9-13(11-16)15-8-4-6-12-5-2-3-7-14(12)15;/h2-8,13H,9-11H2,1H3;1H. The normalized spacial score (nSPS) is 20.4. The summed E-state index contributed by atoms with van der Waals surface area (Å²) in [6, 6.07) is 15.4. The van der Waals surface area contributed by atoms with Crippen LogP contribution in [0.4, 0.5) is 0 Å². The molecule has 0 aromatic heterocycles. The SMILES string of the molecule is CN1CCC(c2cccc3ccccc23)C1.Cl. The lowest BCUT2D eigenvalue weighted by Crippen LogP contribution is -2.13. The monoisotopic (exact) mass is 247 g/mol. The summed E-state index contributed by atoms with van der Waals surface area (Å²) in [6.45, 7) is 2.43. The topological polar surface area (TPSA) is 3.24 Å². The van der Waals surface area contributed by atoms with E-state index in [4.69, 9.17) is 0 Å². The van der Waals surface area contributed by atoms with Crippen LogP contribution in [0.5, 0.6) is 0 Å². The fourth-order valence-electron chi connectivity index (χ4n) is 2.80. The van der Waals surface area contributed by atoms with Crippen LogP contribution < -0.4 is 0 Å². The van der Waals surface area contributed by atoms with Crippen molar-refractivity contribution in [1.29, 1.82) is 0 Å². The van der Waals surface area contributed by atoms with E-state index in [0.29, 0.717) is 0 Å². The molecule has 1 saturated heterocycles. The zero-order valence-corrected chi connectivity index (χ0v) is 10.9. The molecule has 0 aliphatic carbocycles. The van der Waals surface area contributed by atoms with E-state index in [9.17, 15) is 0 Å². The Morgan fingerprint density at radius 2 is 1.82 bits per heavy atom. The Labute approximate surface area is 109 Å². The molecule has 1 fully saturated rings. The number of nitrogens with zero attached hydrogens (tertiary/aromatic N) is 1. The van der Waals surface area contributed by atoms with Gasteiger partial charge in [-0.25, -0.2) is 0 Å². The first-order chi connectivity index (χ1) is 7.84. The smallest absolute Gasteiger partial charge is 0.00479 e. The van der Waals surface area contributed by atoms with E-state index < -0.39 is 0 Å². The Hall–Kier alpha value is -1.05. The van der Waals surface area contributed by atoms with E-state index in [1.54, 1.807) is 0 Å². The van der Waals surface area contributed by atoms with Gasteiger partial charge in [0.05, 0.1) is 0 Å². The van der Waals surface area contributed by atoms with Crippen LogP contribution in [0.3, 0.4) is 0 Å². The first-order valence-corrected chi connectivity index (χ1v) is 6.01. The summed E-state index contributed by atoms with van der Waals surface area (Å²) >= 11 is 0. The van der Waals surface area contributed by atoms with Gasteiger partial charge < -0.3 is 4.90 Å². The van der Waals surface area contributed by atoms with Crippen LogP contribution in [0.15, 0.2) is 42.5 Å². The molecule has 3 rings (SSSR count). The van der Waals surface area contributed by atoms with Crippen molar-refractivity contribution < 1.29 is 0 Å². The van der Waals surface area contributed by atoms with Gasteiger partial charge in [0.2, 0.25) is 0 Å². The van der Waals surface area contributed by atoms with Crippen molar-refractivity contribution in [3.05, 3.63) is 48.0 Å². The second kappa shape index (κ2) is 5.07. The molecular weight excluding hydrogens is 230 g/mol. The lowest BCUT2D eigenvalue weighted by atomic mass is 9.93. The first kappa shape index (κ1) is 12.4. The summed E-state index contributed by atoms with van der Waals surface area (Å²) in [5.74, 6) is 0.719. The zero-order chi connectivity index (χ0) is 11.0. The third-order valence-corrected chi connectivity index (χ3v) is 3.65. The quantitative estimate of drug-likeness (QED) is 0.743. The average Bonchev–Trinajstić information content (AvgIpc) is 2.75. The van der Waals surface area contributed by atoms with Crippen molar-refractivity contribution in [3.8, 4) is 0 Å². The summed E-state index contributed by atoms with van der Waals surface area (Å²) in [4.78, 5) is 2.42. The minimum Gasteiger partial charge on any atom is -0.306 e. The van der Waals surface area contributed by atoms with Gasteiger partial charge in [0.1, 0.15) is 0 Å². The fraction of sp³-hybridized carbons (Fsp3) is 0.333. The Bertz CT molecular complexity index is 504. The highest BCUT2D eigenvalue weighted by Gasteiger charge is 2.22. The van der Waals surface area contributed by atoms with E-state index in [2.05, 4.69) is 54.4 Å². The highest BCUT2D eigenvalue weighted by molar-refractivity contribution is 5.86. The van der Waals surface area contributed by atoms with Crippen molar-refractivity contribution in [1.82, 2.24) is 4.90 Å². The summed E-state index contributed by atoms with van der Waals surface area (Å²) in [5, 5.41) is 2.81. The molecule has 1 aliphatic heterocycles. The minimum absolute atomic E-state index is 0. The average molecular weight is 248 g/mol. The lowest BCUT2D eigenvalue weighted by Gasteiger charge is -2.13. The van der Waals surface area contributed by atoms with Crippen LogP contribution >= 0.6 is 12.4 Å². The molecule has 17 heavy (non-hydrogen) atoms. The predicted octanol–water partition coefficient (Wildman–Crippen LogP) is 3.68. The maximum Gasteiger partial charge on any atom is 0.00479 e. The Morgan fingerprint density at radius 1 is 1.06 bits per heavy atom. The molecule has 0 amide bonds. The van der Waals surface area contributed by atoms with Crippen molar-refractivity contribution in [2.45, 2.75) is 12.3 Å². The van der Waals surface area contributed by atoms with Crippen LogP contribution in [0, 0.1) is 0 Å². The van der Waals surface area contributed by atoms with E-state index in [1.807, 2.05) is 0 Å². The van der Waals surface area contributed by atoms with Gasteiger partial charge in [-0.05, 0) is 42.3 Å². The summed E-state index contributed by atoms with van der Waals surface area (Å²) in [7, 11) is 2.21. The third kappa shape index (κ3) is 2.31. The minimum atomic E-state index is 0. The fourth-order valence-corrected chi connectivity index (χ4v) is 2.80. The third-order valence-electron chi connectivity index (χ3n) is 3.65. The van der Waals surface area contributed by atoms with Crippen LogP contribution in [0.25, 0.3) is 10.8 Å². The predicted molar refractivity (Wildman–Crippen MR) is 76.1 cm³/mol. The highest BCUT2D eigenvalue weighted by atomic mass is 35.5. The molecule has 0 N–H and O–H groups in total. The van der Waals surface area contributed by atoms with Crippen molar-refractivity contribution in [2.75, 3.05) is 20.1 Å². The van der Waals surface area contributed by atoms with Crippen LogP contribution in [-0.4, -0.2) is 25.0 Å². The van der Waals surface area contributed by atoms with Gasteiger partial charge in [-0.1, -0.05) is 42.5 Å². The van der Waals surface area contributed by atoms with Crippen molar-refractivity contribution >= 4 is 23.2 Å². The molecule has 2 heteroatoms. The van der Waals surface area contributed by atoms with Gasteiger partial charge in [-0.2, -0.15) is 0 Å². The van der Waals surface area contributed by atoms with Gasteiger partial charge in [0, 0.05) is 6.54 Å². The molecule has 1 heterocycles. The van der Waals surface area contributed by atoms with Gasteiger partial charge in [0.25, 0.3) is 0 Å². The van der Waals surface area contributed by atoms with Crippen LogP contribution in [0.2, 0.25) is 0 Å². The van der Waals surface area contributed by atoms with Gasteiger partial charge >= 0.3 is 0 Å². The van der Waals surface area contributed by atoms with Crippen LogP contribution in [-0.2, 0) is 0 Å². The van der Waals surface area contributed by atoms with Gasteiger partial charge in [-0.3, -0.25) is 0 Å². The maximum absolute atomic E-state index is 2.42. The second-order valence-electron chi connectivity index (χ2n) is 4.82. The largest absolute Gasteiger partial charge is 0.306 e. The molecule has 1 unspecified atom stereocenters. The number of benzene rings is 2. The number of likely N-dealkylation sites (N-methyl/N-ethyl adjacent to an activating group) is 1. The molecule has 1 aliphatic rings. The molecule has 0 spiro atoms. The van der Waals surface area contributed by atoms with Crippen molar-refractivity contribution in [2.24, 2.45) is 0 Å². The van der Waals surface area contributed by atoms with Gasteiger partial charge in [-0.15, -0.1) is 12.4 Å². The molecule has 0 saturated carbocycles. The van der Waals surface area contributed by atoms with E-state index in [-0.39, 0.29) is 12.4 Å². The molecule has 1 atom stereocenters. The number of hydrogen-bond acceptors (Lipinski definition) is 1. The second-order valence-corrected chi connectivity index (χ2v) is 4.82. The van der Waals surface area contributed by atoms with E-state index >= 15 is 0 Å². The molecule has 2 aromatic carbocycles. The number of hydrogen-bond donors (Lipinski definition) is 0. The Kier molecular flexibility index (Phi) is 3.70. The molecular formula is C15H18ClN. The molecule has 2 aromatic rings. The highest BCUT2D eigenvalue weighted by Crippen LogP contribution is 2.31. The molecule has 90 valence electrons. The maximum atomic E-state index is 2.42. The number of likely N-dealkylation sites (tertiary alicyclic amines) is 1. The summed E-state index contributed by atoms with van der Waals surface area (Å²) in [5.41, 5.74) is 1.53. The first-order valence-electron chi connectivity index (χ1n) is 6.01. The number of rotatable bonds is 1. The molecule has 0 radical (unpaired) electrons. The summed E-state index contributed by atoms with van der Waals surface area (Å²) in [6.07, 6.45) is 1.30. The van der Waals surface area contributed by atoms with Crippen molar-refractivity contribution in [3.63, 3.8) is 0 Å². The van der Waals surface area contributed by atoms with E-state index in [1.165, 1.54) is 35.8 Å². The van der Waals surface area contributed by atoms with E-state index in [0.717, 1.165) is 5.92 Å². The lowest BCUT2D eigenvalue weighted by molar-refractivity contribution is 0.412. The number of fused-ring (bicyclic) bond motifs is 1. The zero-order valence-electron chi connectivity index (χ0n) is 10.1. The summed E-state index contributed by atoms with van der Waals surface area (Å²) < 4.78 is 0. The van der Waals surface area contributed by atoms with Crippen LogP contribution in [0.1, 0.15) is 17.9 Å². The molecule has 1 nitrogen and oxygen atoms in total. The Balaban J connectivity index is 0.00000108.